The van der Waals surface area contributed by atoms with Crippen LogP contribution in [0.3, 0.4) is 0 Å². The fourth-order valence-corrected chi connectivity index (χ4v) is 0.0680. The van der Waals surface area contributed by atoms with Crippen LogP contribution in [0.25, 0.3) is 0 Å². The molecule has 0 aliphatic carbocycles. The predicted octanol–water partition coefficient (Wildman–Crippen LogP) is -0.509. The third-order valence-electron chi connectivity index (χ3n) is 0.438. The van der Waals surface area contributed by atoms with Gasteiger partial charge in [-0.3, -0.25) is 0 Å². The molecular formula is C6H11NO3. The molecule has 0 aliphatic rings. The van der Waals surface area contributed by atoms with Crippen molar-refractivity contribution in [3.63, 3.8) is 0 Å². The SMILES string of the molecule is C=CC(=O)O.C=CC[NH2+][O-]. The van der Waals surface area contributed by atoms with E-state index in [4.69, 9.17) is 5.11 Å². The molecule has 10 heavy (non-hydrogen) atoms. The summed E-state index contributed by atoms with van der Waals surface area (Å²) in [6, 6.07) is 0. The van der Waals surface area contributed by atoms with E-state index >= 15 is 0 Å². The lowest BCUT2D eigenvalue weighted by Crippen LogP contribution is -2.76. The van der Waals surface area contributed by atoms with E-state index in [-0.39, 0.29) is 0 Å². The quantitative estimate of drug-likeness (QED) is 0.319. The van der Waals surface area contributed by atoms with Gasteiger partial charge in [0.2, 0.25) is 0 Å². The zero-order valence-corrected chi connectivity index (χ0v) is 5.62. The molecular weight excluding hydrogens is 134 g/mol. The van der Waals surface area contributed by atoms with E-state index in [0.717, 1.165) is 11.6 Å². The first-order valence-corrected chi connectivity index (χ1v) is 2.59. The lowest BCUT2D eigenvalue weighted by Gasteiger charge is -1.90. The van der Waals surface area contributed by atoms with Gasteiger partial charge in [-0.25, -0.2) is 4.79 Å². The Hall–Kier alpha value is -1.13. The first-order chi connectivity index (χ1) is 4.68. The highest BCUT2D eigenvalue weighted by Gasteiger charge is 1.73. The molecule has 0 aromatic rings. The minimum atomic E-state index is -0.981. The van der Waals surface area contributed by atoms with Gasteiger partial charge >= 0.3 is 5.97 Å². The van der Waals surface area contributed by atoms with Crippen molar-refractivity contribution >= 4 is 5.97 Å². The molecule has 0 spiro atoms. The minimum absolute atomic E-state index is 0.472. The van der Waals surface area contributed by atoms with Gasteiger partial charge in [0.15, 0.2) is 0 Å². The van der Waals surface area contributed by atoms with E-state index < -0.39 is 5.97 Å². The van der Waals surface area contributed by atoms with Crippen LogP contribution in [0.4, 0.5) is 0 Å². The van der Waals surface area contributed by atoms with Crippen molar-refractivity contribution in [2.75, 3.05) is 6.54 Å². The maximum atomic E-state index is 9.33. The van der Waals surface area contributed by atoms with Crippen LogP contribution in [-0.2, 0) is 4.79 Å². The van der Waals surface area contributed by atoms with Crippen molar-refractivity contribution in [3.8, 4) is 0 Å². The lowest BCUT2D eigenvalue weighted by atomic mass is 10.7. The largest absolute Gasteiger partial charge is 0.636 e. The van der Waals surface area contributed by atoms with Crippen molar-refractivity contribution in [2.24, 2.45) is 0 Å². The van der Waals surface area contributed by atoms with E-state index in [9.17, 15) is 10.0 Å². The van der Waals surface area contributed by atoms with Crippen molar-refractivity contribution < 1.29 is 15.4 Å². The van der Waals surface area contributed by atoms with Gasteiger partial charge in [0.05, 0.1) is 6.54 Å². The first-order valence-electron chi connectivity index (χ1n) is 2.59. The highest BCUT2D eigenvalue weighted by molar-refractivity contribution is 5.78. The second-order valence-electron chi connectivity index (χ2n) is 1.23. The van der Waals surface area contributed by atoms with Crippen LogP contribution in [0.1, 0.15) is 0 Å². The topological polar surface area (TPSA) is 77.0 Å². The van der Waals surface area contributed by atoms with Crippen molar-refractivity contribution in [1.29, 1.82) is 0 Å². The Kier molecular flexibility index (Phi) is 12.5. The fourth-order valence-electron chi connectivity index (χ4n) is 0.0680. The summed E-state index contributed by atoms with van der Waals surface area (Å²) < 4.78 is 0. The van der Waals surface area contributed by atoms with E-state index in [2.05, 4.69) is 13.2 Å². The summed E-state index contributed by atoms with van der Waals surface area (Å²) >= 11 is 0. The molecule has 0 aromatic carbocycles. The van der Waals surface area contributed by atoms with Gasteiger partial charge in [-0.1, -0.05) is 13.2 Å². The molecule has 0 rings (SSSR count). The Morgan fingerprint density at radius 1 is 1.70 bits per heavy atom. The molecule has 0 bridgehead atoms. The second kappa shape index (κ2) is 10.8. The Morgan fingerprint density at radius 2 is 2.10 bits per heavy atom. The fraction of sp³-hybridized carbons (Fsp3) is 0.167. The molecule has 0 heterocycles. The predicted molar refractivity (Wildman–Crippen MR) is 38.2 cm³/mol. The Morgan fingerprint density at radius 3 is 2.10 bits per heavy atom. The van der Waals surface area contributed by atoms with Crippen LogP contribution in [0, 0.1) is 5.21 Å². The highest BCUT2D eigenvalue weighted by atomic mass is 16.5. The van der Waals surface area contributed by atoms with Gasteiger partial charge in [-0.05, 0) is 6.08 Å². The summed E-state index contributed by atoms with van der Waals surface area (Å²) in [6.45, 7) is 6.75. The number of rotatable bonds is 3. The van der Waals surface area contributed by atoms with Crippen molar-refractivity contribution in [3.05, 3.63) is 30.5 Å². The number of carbonyl (C=O) groups is 1. The summed E-state index contributed by atoms with van der Waals surface area (Å²) in [4.78, 5) is 9.25. The zero-order valence-electron chi connectivity index (χ0n) is 5.62. The third kappa shape index (κ3) is 28.7. The average molecular weight is 145 g/mol. The number of aliphatic carboxylic acids is 1. The van der Waals surface area contributed by atoms with Crippen LogP contribution in [0.2, 0.25) is 0 Å². The zero-order chi connectivity index (χ0) is 8.41. The third-order valence-corrected chi connectivity index (χ3v) is 0.438. The number of quaternary nitrogens is 1. The molecule has 4 nitrogen and oxygen atoms in total. The van der Waals surface area contributed by atoms with Gasteiger partial charge in [0.1, 0.15) is 0 Å². The maximum absolute atomic E-state index is 9.33. The number of carboxylic acids is 1. The van der Waals surface area contributed by atoms with E-state index in [0.29, 0.717) is 6.54 Å². The smallest absolute Gasteiger partial charge is 0.327 e. The van der Waals surface area contributed by atoms with Crippen LogP contribution < -0.4 is 5.48 Å². The Bertz CT molecular complexity index is 112. The molecule has 0 aliphatic heterocycles. The molecule has 0 aromatic heterocycles. The molecule has 0 atom stereocenters. The van der Waals surface area contributed by atoms with Gasteiger partial charge in [-0.15, -0.1) is 0 Å². The molecule has 0 saturated carbocycles. The van der Waals surface area contributed by atoms with E-state index in [1.807, 2.05) is 0 Å². The van der Waals surface area contributed by atoms with Gasteiger partial charge in [0, 0.05) is 6.08 Å². The molecule has 3 N–H and O–H groups in total. The summed E-state index contributed by atoms with van der Waals surface area (Å²) in [6.07, 6.45) is 2.40. The molecule has 0 unspecified atom stereocenters. The van der Waals surface area contributed by atoms with Crippen LogP contribution in [0.5, 0.6) is 0 Å². The second-order valence-corrected chi connectivity index (χ2v) is 1.23. The normalized spacial score (nSPS) is 6.90. The number of nitrogens with two attached hydrogens (primary N) is 1. The van der Waals surface area contributed by atoms with Gasteiger partial charge in [-0.2, -0.15) is 0 Å². The first kappa shape index (κ1) is 11.6. The standard InChI is InChI=1S/C3H7NO.C3H4O2/c1-2-3-4-5;1-2-3(4)5/h2H,1,3-4H2;2H,1H2,(H,4,5). The van der Waals surface area contributed by atoms with E-state index in [1.165, 1.54) is 0 Å². The van der Waals surface area contributed by atoms with Crippen molar-refractivity contribution in [2.45, 2.75) is 0 Å². The monoisotopic (exact) mass is 145 g/mol. The molecule has 0 fully saturated rings. The van der Waals surface area contributed by atoms with Gasteiger partial charge < -0.3 is 15.8 Å². The summed E-state index contributed by atoms with van der Waals surface area (Å²) in [5.74, 6) is -0.981. The average Bonchev–Trinajstić information content (AvgIpc) is 1.91. The van der Waals surface area contributed by atoms with Gasteiger partial charge in [0.25, 0.3) is 0 Å². The highest BCUT2D eigenvalue weighted by Crippen LogP contribution is 1.54. The molecule has 4 heteroatoms. The Labute approximate surface area is 59.4 Å². The van der Waals surface area contributed by atoms with Crippen LogP contribution in [0.15, 0.2) is 25.3 Å². The molecule has 0 saturated heterocycles. The lowest BCUT2D eigenvalue weighted by molar-refractivity contribution is -0.578. The summed E-state index contributed by atoms with van der Waals surface area (Å²) in [7, 11) is 0. The minimum Gasteiger partial charge on any atom is -0.636 e. The maximum Gasteiger partial charge on any atom is 0.327 e. The number of hydrogen-bond donors (Lipinski definition) is 2. The summed E-state index contributed by atoms with van der Waals surface area (Å²) in [5, 5.41) is 16.9. The number of hydroxylamine groups is 1. The molecule has 0 radical (unpaired) electrons. The van der Waals surface area contributed by atoms with E-state index in [1.54, 1.807) is 6.08 Å². The van der Waals surface area contributed by atoms with Crippen molar-refractivity contribution in [1.82, 2.24) is 0 Å². The number of hydrogen-bond acceptors (Lipinski definition) is 2. The summed E-state index contributed by atoms with van der Waals surface area (Å²) in [5.41, 5.74) is 0.812. The van der Waals surface area contributed by atoms with Crippen LogP contribution in [-0.4, -0.2) is 17.6 Å². The van der Waals surface area contributed by atoms with Crippen LogP contribution >= 0.6 is 0 Å². The molecule has 58 valence electrons. The Balaban J connectivity index is 0. The number of carboxylic acid groups (broad SMARTS) is 1. The molecule has 0 amide bonds.